The Balaban J connectivity index is 2.56. The van der Waals surface area contributed by atoms with Gasteiger partial charge in [0.25, 0.3) is 0 Å². The molecule has 4 heteroatoms. The second-order valence-electron chi connectivity index (χ2n) is 4.48. The lowest BCUT2D eigenvalue weighted by molar-refractivity contribution is 0.312. The molecule has 1 N–H and O–H groups in total. The van der Waals surface area contributed by atoms with Crippen LogP contribution >= 0.6 is 11.6 Å². The van der Waals surface area contributed by atoms with E-state index in [1.54, 1.807) is 0 Å². The van der Waals surface area contributed by atoms with Crippen LogP contribution in [0.1, 0.15) is 44.7 Å². The number of nitriles is 1. The van der Waals surface area contributed by atoms with Crippen molar-refractivity contribution in [2.45, 2.75) is 39.2 Å². The van der Waals surface area contributed by atoms with Gasteiger partial charge in [-0.25, -0.2) is 0 Å². The van der Waals surface area contributed by atoms with Gasteiger partial charge < -0.3 is 10.1 Å². The number of halogens is 1. The molecule has 0 fully saturated rings. The van der Waals surface area contributed by atoms with Crippen molar-refractivity contribution >= 4 is 11.6 Å². The molecule has 0 bridgehead atoms. The first-order chi connectivity index (χ1) is 9.19. The summed E-state index contributed by atoms with van der Waals surface area (Å²) in [5.41, 5.74) is 1.16. The van der Waals surface area contributed by atoms with Crippen molar-refractivity contribution in [3.8, 4) is 11.8 Å². The van der Waals surface area contributed by atoms with Crippen LogP contribution in [0.2, 0.25) is 5.02 Å². The summed E-state index contributed by atoms with van der Waals surface area (Å²) in [7, 11) is 0. The number of unbranched alkanes of at least 4 members (excludes halogenated alkanes) is 1. The highest BCUT2D eigenvalue weighted by Gasteiger charge is 2.08. The number of nitrogens with one attached hydrogen (secondary N) is 1. The molecule has 0 radical (unpaired) electrons. The van der Waals surface area contributed by atoms with E-state index in [2.05, 4.69) is 25.2 Å². The summed E-state index contributed by atoms with van der Waals surface area (Å²) >= 11 is 6.20. The zero-order chi connectivity index (χ0) is 14.1. The van der Waals surface area contributed by atoms with Crippen molar-refractivity contribution in [3.05, 3.63) is 28.8 Å². The van der Waals surface area contributed by atoms with Crippen LogP contribution in [0.3, 0.4) is 0 Å². The minimum absolute atomic E-state index is 0.282. The van der Waals surface area contributed by atoms with E-state index in [0.717, 1.165) is 24.9 Å². The lowest BCUT2D eigenvalue weighted by atomic mass is 10.1. The van der Waals surface area contributed by atoms with E-state index >= 15 is 0 Å². The standard InChI is InChI=1S/C15H21ClN2O/c1-3-9-18-12(2)13-6-7-15(14(16)11-13)19-10-5-4-8-17/h6-7,11-12,18H,3-5,9-10H2,1-2H3. The summed E-state index contributed by atoms with van der Waals surface area (Å²) < 4.78 is 5.55. The Labute approximate surface area is 120 Å². The molecular formula is C15H21ClN2O. The highest BCUT2D eigenvalue weighted by Crippen LogP contribution is 2.28. The number of hydrogen-bond acceptors (Lipinski definition) is 3. The Kier molecular flexibility index (Phi) is 7.32. The molecule has 104 valence electrons. The third-order valence-corrected chi connectivity index (χ3v) is 3.14. The highest BCUT2D eigenvalue weighted by atomic mass is 35.5. The molecule has 1 aromatic carbocycles. The summed E-state index contributed by atoms with van der Waals surface area (Å²) in [5.74, 6) is 0.686. The quantitative estimate of drug-likeness (QED) is 0.730. The monoisotopic (exact) mass is 280 g/mol. The zero-order valence-electron chi connectivity index (χ0n) is 11.6. The van der Waals surface area contributed by atoms with E-state index < -0.39 is 0 Å². The fourth-order valence-corrected chi connectivity index (χ4v) is 1.96. The van der Waals surface area contributed by atoms with Crippen LogP contribution in [-0.4, -0.2) is 13.2 Å². The molecule has 0 heterocycles. The van der Waals surface area contributed by atoms with Gasteiger partial charge in [-0.3, -0.25) is 0 Å². The van der Waals surface area contributed by atoms with Crippen molar-refractivity contribution in [2.75, 3.05) is 13.2 Å². The maximum atomic E-state index is 8.45. The maximum Gasteiger partial charge on any atom is 0.137 e. The fourth-order valence-electron chi connectivity index (χ4n) is 1.72. The third-order valence-electron chi connectivity index (χ3n) is 2.85. The average Bonchev–Trinajstić information content (AvgIpc) is 2.42. The molecule has 19 heavy (non-hydrogen) atoms. The summed E-state index contributed by atoms with van der Waals surface area (Å²) in [6.07, 6.45) is 2.34. The molecule has 0 saturated heterocycles. The fraction of sp³-hybridized carbons (Fsp3) is 0.533. The number of hydrogen-bond donors (Lipinski definition) is 1. The van der Waals surface area contributed by atoms with Crippen molar-refractivity contribution in [2.24, 2.45) is 0 Å². The summed E-state index contributed by atoms with van der Waals surface area (Å²) in [6.45, 7) is 5.78. The smallest absolute Gasteiger partial charge is 0.137 e. The van der Waals surface area contributed by atoms with Gasteiger partial charge in [-0.1, -0.05) is 24.6 Å². The third kappa shape index (κ3) is 5.50. The zero-order valence-corrected chi connectivity index (χ0v) is 12.3. The molecule has 1 aromatic rings. The van der Waals surface area contributed by atoms with Gasteiger partial charge in [0.1, 0.15) is 5.75 Å². The molecule has 1 atom stereocenters. The molecule has 0 aromatic heterocycles. The molecule has 1 unspecified atom stereocenters. The van der Waals surface area contributed by atoms with Gasteiger partial charge in [-0.05, 0) is 44.0 Å². The molecule has 3 nitrogen and oxygen atoms in total. The number of benzene rings is 1. The van der Waals surface area contributed by atoms with Gasteiger partial charge in [-0.15, -0.1) is 0 Å². The average molecular weight is 281 g/mol. The molecule has 0 spiro atoms. The SMILES string of the molecule is CCCNC(C)c1ccc(OCCCC#N)c(Cl)c1. The van der Waals surface area contributed by atoms with E-state index in [4.69, 9.17) is 21.6 Å². The van der Waals surface area contributed by atoms with Crippen LogP contribution in [0.5, 0.6) is 5.75 Å². The second-order valence-corrected chi connectivity index (χ2v) is 4.88. The lowest BCUT2D eigenvalue weighted by Gasteiger charge is -2.15. The summed E-state index contributed by atoms with van der Waals surface area (Å²) in [6, 6.07) is 8.24. The van der Waals surface area contributed by atoms with E-state index in [1.165, 1.54) is 0 Å². The highest BCUT2D eigenvalue weighted by molar-refractivity contribution is 6.32. The van der Waals surface area contributed by atoms with Gasteiger partial charge >= 0.3 is 0 Å². The Hall–Kier alpha value is -1.24. The molecule has 0 aliphatic rings. The largest absolute Gasteiger partial charge is 0.492 e. The molecule has 0 amide bonds. The van der Waals surface area contributed by atoms with E-state index in [-0.39, 0.29) is 6.04 Å². The van der Waals surface area contributed by atoms with Crippen molar-refractivity contribution < 1.29 is 4.74 Å². The van der Waals surface area contributed by atoms with Crippen molar-refractivity contribution in [1.29, 1.82) is 5.26 Å². The molecule has 0 aliphatic heterocycles. The minimum atomic E-state index is 0.282. The van der Waals surface area contributed by atoms with Crippen LogP contribution in [0.25, 0.3) is 0 Å². The molecule has 1 rings (SSSR count). The number of ether oxygens (including phenoxy) is 1. The van der Waals surface area contributed by atoms with Gasteiger partial charge in [0.15, 0.2) is 0 Å². The normalized spacial score (nSPS) is 11.9. The van der Waals surface area contributed by atoms with Crippen LogP contribution < -0.4 is 10.1 Å². The van der Waals surface area contributed by atoms with Crippen LogP contribution in [0, 0.1) is 11.3 Å². The summed E-state index contributed by atoms with van der Waals surface area (Å²) in [5, 5.41) is 12.5. The van der Waals surface area contributed by atoms with Gasteiger partial charge in [-0.2, -0.15) is 5.26 Å². The Morgan fingerprint density at radius 3 is 2.89 bits per heavy atom. The Morgan fingerprint density at radius 2 is 2.26 bits per heavy atom. The first-order valence-electron chi connectivity index (χ1n) is 6.71. The molecular weight excluding hydrogens is 260 g/mol. The van der Waals surface area contributed by atoms with E-state index in [9.17, 15) is 0 Å². The lowest BCUT2D eigenvalue weighted by Crippen LogP contribution is -2.19. The van der Waals surface area contributed by atoms with E-state index in [0.29, 0.717) is 23.8 Å². The first kappa shape index (κ1) is 15.8. The van der Waals surface area contributed by atoms with Crippen molar-refractivity contribution in [1.82, 2.24) is 5.32 Å². The second kappa shape index (κ2) is 8.79. The Morgan fingerprint density at radius 1 is 1.47 bits per heavy atom. The first-order valence-corrected chi connectivity index (χ1v) is 7.09. The molecule has 0 aliphatic carbocycles. The number of rotatable bonds is 8. The minimum Gasteiger partial charge on any atom is -0.492 e. The van der Waals surface area contributed by atoms with Gasteiger partial charge in [0, 0.05) is 12.5 Å². The summed E-state index contributed by atoms with van der Waals surface area (Å²) in [4.78, 5) is 0. The van der Waals surface area contributed by atoms with Gasteiger partial charge in [0.2, 0.25) is 0 Å². The van der Waals surface area contributed by atoms with Crippen LogP contribution in [0.15, 0.2) is 18.2 Å². The van der Waals surface area contributed by atoms with E-state index in [1.807, 2.05) is 18.2 Å². The topological polar surface area (TPSA) is 45.0 Å². The van der Waals surface area contributed by atoms with Crippen molar-refractivity contribution in [3.63, 3.8) is 0 Å². The van der Waals surface area contributed by atoms with Crippen LogP contribution in [-0.2, 0) is 0 Å². The predicted molar refractivity (Wildman–Crippen MR) is 78.5 cm³/mol. The molecule has 0 saturated carbocycles. The number of nitrogens with zero attached hydrogens (tertiary/aromatic N) is 1. The predicted octanol–water partition coefficient (Wildman–Crippen LogP) is 4.08. The maximum absolute atomic E-state index is 8.45. The van der Waals surface area contributed by atoms with Gasteiger partial charge in [0.05, 0.1) is 17.7 Å². The Bertz CT molecular complexity index is 429. The van der Waals surface area contributed by atoms with Crippen LogP contribution in [0.4, 0.5) is 0 Å².